The molecule has 0 radical (unpaired) electrons. The van der Waals surface area contributed by atoms with Crippen LogP contribution in [0.25, 0.3) is 5.82 Å². The third-order valence-corrected chi connectivity index (χ3v) is 3.67. The standard InChI is InChI=1S/C17H12N4O3/c22-16-13-4-1-2-5-14(13)17(23)21(16)24-11-12-6-7-15(18-10-12)20-9-3-8-19-20/h1-10H,11H2. The van der Waals surface area contributed by atoms with Gasteiger partial charge in [0.15, 0.2) is 5.82 Å². The third kappa shape index (κ3) is 2.37. The second-order valence-corrected chi connectivity index (χ2v) is 5.20. The molecule has 1 aromatic carbocycles. The summed E-state index contributed by atoms with van der Waals surface area (Å²) in [5.74, 6) is -0.224. The fourth-order valence-corrected chi connectivity index (χ4v) is 2.47. The molecular weight excluding hydrogens is 308 g/mol. The number of carbonyl (C=O) groups is 2. The van der Waals surface area contributed by atoms with E-state index < -0.39 is 11.8 Å². The number of amides is 2. The molecule has 7 nitrogen and oxygen atoms in total. The van der Waals surface area contributed by atoms with E-state index >= 15 is 0 Å². The van der Waals surface area contributed by atoms with Crippen molar-refractivity contribution in [3.8, 4) is 5.82 Å². The van der Waals surface area contributed by atoms with Crippen molar-refractivity contribution >= 4 is 11.8 Å². The van der Waals surface area contributed by atoms with E-state index in [0.29, 0.717) is 16.9 Å². The Morgan fingerprint density at radius 1 is 0.958 bits per heavy atom. The molecule has 0 atom stereocenters. The average Bonchev–Trinajstić information content (AvgIpc) is 3.23. The molecule has 1 aliphatic rings. The van der Waals surface area contributed by atoms with Crippen LogP contribution in [-0.2, 0) is 11.4 Å². The van der Waals surface area contributed by atoms with Gasteiger partial charge in [0.25, 0.3) is 11.8 Å². The van der Waals surface area contributed by atoms with Crippen LogP contribution in [0.3, 0.4) is 0 Å². The zero-order chi connectivity index (χ0) is 16.5. The lowest BCUT2D eigenvalue weighted by molar-refractivity contribution is -0.101. The number of fused-ring (bicyclic) bond motifs is 1. The SMILES string of the molecule is O=C1c2ccccc2C(=O)N1OCc1ccc(-n2cccn2)nc1. The second kappa shape index (κ2) is 5.71. The van der Waals surface area contributed by atoms with E-state index in [4.69, 9.17) is 4.84 Å². The van der Waals surface area contributed by atoms with Gasteiger partial charge in [-0.05, 0) is 29.8 Å². The number of rotatable bonds is 4. The first-order valence-corrected chi connectivity index (χ1v) is 7.30. The molecule has 0 fully saturated rings. The van der Waals surface area contributed by atoms with E-state index in [2.05, 4.69) is 10.1 Å². The van der Waals surface area contributed by atoms with Gasteiger partial charge in [-0.3, -0.25) is 14.4 Å². The fourth-order valence-electron chi connectivity index (χ4n) is 2.47. The molecule has 2 amide bonds. The maximum absolute atomic E-state index is 12.2. The van der Waals surface area contributed by atoms with Crippen LogP contribution < -0.4 is 0 Å². The molecule has 0 unspecified atom stereocenters. The van der Waals surface area contributed by atoms with Gasteiger partial charge in [-0.15, -0.1) is 5.06 Å². The minimum absolute atomic E-state index is 0.0673. The molecule has 118 valence electrons. The Hall–Kier alpha value is -3.32. The lowest BCUT2D eigenvalue weighted by Crippen LogP contribution is -2.29. The molecule has 1 aliphatic heterocycles. The van der Waals surface area contributed by atoms with Crippen molar-refractivity contribution < 1.29 is 14.4 Å². The highest BCUT2D eigenvalue weighted by Gasteiger charge is 2.36. The largest absolute Gasteiger partial charge is 0.285 e. The quantitative estimate of drug-likeness (QED) is 0.687. The Kier molecular flexibility index (Phi) is 3.40. The number of pyridine rings is 1. The zero-order valence-corrected chi connectivity index (χ0v) is 12.5. The zero-order valence-electron chi connectivity index (χ0n) is 12.5. The number of aromatic nitrogens is 3. The van der Waals surface area contributed by atoms with E-state index in [1.807, 2.05) is 6.07 Å². The number of hydrogen-bond donors (Lipinski definition) is 0. The lowest BCUT2D eigenvalue weighted by atomic mass is 10.1. The summed E-state index contributed by atoms with van der Waals surface area (Å²) < 4.78 is 1.63. The van der Waals surface area contributed by atoms with E-state index in [1.165, 1.54) is 0 Å². The summed E-state index contributed by atoms with van der Waals surface area (Å²) in [4.78, 5) is 34.1. The van der Waals surface area contributed by atoms with Crippen LogP contribution in [0.5, 0.6) is 0 Å². The van der Waals surface area contributed by atoms with E-state index in [-0.39, 0.29) is 6.61 Å². The maximum atomic E-state index is 12.2. The molecule has 0 N–H and O–H groups in total. The number of carbonyl (C=O) groups excluding carboxylic acids is 2. The van der Waals surface area contributed by atoms with Crippen molar-refractivity contribution in [2.45, 2.75) is 6.61 Å². The van der Waals surface area contributed by atoms with Gasteiger partial charge in [0, 0.05) is 18.6 Å². The Labute approximate surface area is 137 Å². The fraction of sp³-hybridized carbons (Fsp3) is 0.0588. The predicted octanol–water partition coefficient (Wildman–Crippen LogP) is 2.00. The van der Waals surface area contributed by atoms with Crippen LogP contribution in [0.2, 0.25) is 0 Å². The highest BCUT2D eigenvalue weighted by Crippen LogP contribution is 2.23. The monoisotopic (exact) mass is 320 g/mol. The van der Waals surface area contributed by atoms with Gasteiger partial charge in [0.1, 0.15) is 6.61 Å². The van der Waals surface area contributed by atoms with E-state index in [1.54, 1.807) is 59.7 Å². The van der Waals surface area contributed by atoms with Gasteiger partial charge in [-0.1, -0.05) is 18.2 Å². The van der Waals surface area contributed by atoms with E-state index in [9.17, 15) is 9.59 Å². The van der Waals surface area contributed by atoms with Gasteiger partial charge in [-0.25, -0.2) is 9.67 Å². The number of nitrogens with zero attached hydrogens (tertiary/aromatic N) is 4. The summed E-state index contributed by atoms with van der Waals surface area (Å²) in [6.07, 6.45) is 5.08. The molecule has 4 rings (SSSR count). The smallest absolute Gasteiger partial charge is 0.266 e. The number of hydrogen-bond acceptors (Lipinski definition) is 5. The number of benzene rings is 1. The molecule has 0 spiro atoms. The van der Waals surface area contributed by atoms with Gasteiger partial charge in [-0.2, -0.15) is 5.10 Å². The molecule has 0 saturated carbocycles. The topological polar surface area (TPSA) is 77.3 Å². The van der Waals surface area contributed by atoms with Crippen LogP contribution in [0, 0.1) is 0 Å². The molecule has 3 aromatic rings. The minimum Gasteiger partial charge on any atom is -0.266 e. The van der Waals surface area contributed by atoms with Crippen LogP contribution in [0.4, 0.5) is 0 Å². The van der Waals surface area contributed by atoms with E-state index in [0.717, 1.165) is 10.6 Å². The van der Waals surface area contributed by atoms with Gasteiger partial charge in [0.2, 0.25) is 0 Å². The summed E-state index contributed by atoms with van der Waals surface area (Å²) >= 11 is 0. The molecule has 3 heterocycles. The average molecular weight is 320 g/mol. The maximum Gasteiger partial charge on any atom is 0.285 e. The predicted molar refractivity (Wildman–Crippen MR) is 83.1 cm³/mol. The van der Waals surface area contributed by atoms with Crippen LogP contribution in [-0.4, -0.2) is 31.6 Å². The van der Waals surface area contributed by atoms with Crippen molar-refractivity contribution in [2.75, 3.05) is 0 Å². The van der Waals surface area contributed by atoms with Gasteiger partial charge in [0.05, 0.1) is 11.1 Å². The molecular formula is C17H12N4O3. The molecule has 0 bridgehead atoms. The first kappa shape index (κ1) is 14.3. The summed E-state index contributed by atoms with van der Waals surface area (Å²) in [6, 6.07) is 12.0. The molecule has 0 saturated heterocycles. The van der Waals surface area contributed by atoms with Crippen LogP contribution in [0.1, 0.15) is 26.3 Å². The molecule has 7 heteroatoms. The van der Waals surface area contributed by atoms with Crippen LogP contribution in [0.15, 0.2) is 61.1 Å². The Balaban J connectivity index is 1.46. The number of imide groups is 1. The van der Waals surface area contributed by atoms with Crippen molar-refractivity contribution in [3.63, 3.8) is 0 Å². The van der Waals surface area contributed by atoms with Crippen molar-refractivity contribution in [1.82, 2.24) is 19.8 Å². The second-order valence-electron chi connectivity index (χ2n) is 5.20. The Morgan fingerprint density at radius 2 is 1.71 bits per heavy atom. The first-order valence-electron chi connectivity index (χ1n) is 7.30. The highest BCUT2D eigenvalue weighted by molar-refractivity contribution is 6.20. The lowest BCUT2D eigenvalue weighted by Gasteiger charge is -2.13. The Morgan fingerprint density at radius 3 is 2.29 bits per heavy atom. The summed E-state index contributed by atoms with van der Waals surface area (Å²) in [5.41, 5.74) is 1.45. The van der Waals surface area contributed by atoms with Gasteiger partial charge < -0.3 is 0 Å². The summed E-state index contributed by atoms with van der Waals surface area (Å²) in [6.45, 7) is 0.0673. The number of hydroxylamine groups is 2. The molecule has 0 aliphatic carbocycles. The Bertz CT molecular complexity index is 869. The third-order valence-electron chi connectivity index (χ3n) is 3.67. The molecule has 2 aromatic heterocycles. The minimum atomic E-state index is -0.447. The van der Waals surface area contributed by atoms with Crippen LogP contribution >= 0.6 is 0 Å². The molecule has 24 heavy (non-hydrogen) atoms. The first-order chi connectivity index (χ1) is 11.7. The normalized spacial score (nSPS) is 13.4. The van der Waals surface area contributed by atoms with Crippen molar-refractivity contribution in [2.24, 2.45) is 0 Å². The summed E-state index contributed by atoms with van der Waals surface area (Å²) in [7, 11) is 0. The van der Waals surface area contributed by atoms with Gasteiger partial charge >= 0.3 is 0 Å². The van der Waals surface area contributed by atoms with Crippen molar-refractivity contribution in [3.05, 3.63) is 77.7 Å². The van der Waals surface area contributed by atoms with Crippen molar-refractivity contribution in [1.29, 1.82) is 0 Å². The highest BCUT2D eigenvalue weighted by atomic mass is 16.7. The summed E-state index contributed by atoms with van der Waals surface area (Å²) in [5, 5.41) is 4.89.